The molecule has 0 aliphatic heterocycles. The molecular formula is C8H10F2. The lowest BCUT2D eigenvalue weighted by molar-refractivity contribution is -0.0642. The number of halogens is 2. The Balaban J connectivity index is 2.43. The molecule has 0 heterocycles. The second-order valence-corrected chi connectivity index (χ2v) is 3.23. The van der Waals surface area contributed by atoms with Gasteiger partial charge in [-0.05, 0) is 12.8 Å². The number of rotatable bonds is 1. The van der Waals surface area contributed by atoms with E-state index < -0.39 is 11.8 Å². The Labute approximate surface area is 59.6 Å². The van der Waals surface area contributed by atoms with Gasteiger partial charge >= 0.3 is 0 Å². The zero-order valence-electron chi connectivity index (χ0n) is 5.90. The van der Waals surface area contributed by atoms with Crippen LogP contribution in [0.3, 0.4) is 0 Å². The molecule has 0 saturated heterocycles. The van der Waals surface area contributed by atoms with Crippen molar-refractivity contribution >= 4 is 0 Å². The van der Waals surface area contributed by atoms with Crippen molar-refractivity contribution in [2.45, 2.75) is 26.2 Å². The van der Waals surface area contributed by atoms with Crippen LogP contribution in [0.5, 0.6) is 0 Å². The Morgan fingerprint density at radius 2 is 2.10 bits per heavy atom. The molecule has 10 heavy (non-hydrogen) atoms. The first-order valence-electron chi connectivity index (χ1n) is 3.33. The summed E-state index contributed by atoms with van der Waals surface area (Å²) in [5.74, 6) is 2.57. The minimum Gasteiger partial charge on any atom is -0.210 e. The van der Waals surface area contributed by atoms with Gasteiger partial charge in [-0.2, -0.15) is 0 Å². The van der Waals surface area contributed by atoms with Crippen molar-refractivity contribution in [3.05, 3.63) is 0 Å². The van der Waals surface area contributed by atoms with Gasteiger partial charge in [-0.3, -0.25) is 0 Å². The molecule has 0 atom stereocenters. The van der Waals surface area contributed by atoms with Crippen LogP contribution in [0.4, 0.5) is 8.78 Å². The summed E-state index contributed by atoms with van der Waals surface area (Å²) in [4.78, 5) is 0. The molecule has 0 amide bonds. The molecule has 1 aliphatic rings. The molecule has 1 saturated carbocycles. The fourth-order valence-electron chi connectivity index (χ4n) is 1.36. The molecule has 0 nitrogen and oxygen atoms in total. The zero-order chi connectivity index (χ0) is 7.78. The van der Waals surface area contributed by atoms with E-state index in [1.54, 1.807) is 6.92 Å². The third kappa shape index (κ3) is 1.01. The smallest absolute Gasteiger partial charge is 0.210 e. The van der Waals surface area contributed by atoms with Crippen molar-refractivity contribution in [1.82, 2.24) is 0 Å². The van der Waals surface area contributed by atoms with Gasteiger partial charge in [-0.15, -0.1) is 12.3 Å². The Kier molecular flexibility index (Phi) is 1.68. The lowest BCUT2D eigenvalue weighted by atomic mass is 9.64. The second-order valence-electron chi connectivity index (χ2n) is 3.23. The van der Waals surface area contributed by atoms with E-state index in [4.69, 9.17) is 6.42 Å². The monoisotopic (exact) mass is 144 g/mol. The van der Waals surface area contributed by atoms with Crippen molar-refractivity contribution in [2.24, 2.45) is 11.3 Å². The van der Waals surface area contributed by atoms with E-state index in [0.717, 1.165) is 0 Å². The first kappa shape index (κ1) is 7.53. The first-order valence-corrected chi connectivity index (χ1v) is 3.33. The molecule has 0 spiro atoms. The van der Waals surface area contributed by atoms with Gasteiger partial charge in [0.05, 0.1) is 0 Å². The van der Waals surface area contributed by atoms with Gasteiger partial charge in [0.15, 0.2) is 0 Å². The zero-order valence-corrected chi connectivity index (χ0v) is 5.90. The summed E-state index contributed by atoms with van der Waals surface area (Å²) < 4.78 is 24.2. The molecule has 1 aliphatic carbocycles. The van der Waals surface area contributed by atoms with Crippen LogP contribution < -0.4 is 0 Å². The summed E-state index contributed by atoms with van der Waals surface area (Å²) in [5, 5.41) is 0. The van der Waals surface area contributed by atoms with Gasteiger partial charge in [0.25, 0.3) is 0 Å². The summed E-state index contributed by atoms with van der Waals surface area (Å²) in [6, 6.07) is 0. The Morgan fingerprint density at radius 1 is 1.60 bits per heavy atom. The third-order valence-electron chi connectivity index (χ3n) is 2.19. The summed E-state index contributed by atoms with van der Waals surface area (Å²) >= 11 is 0. The normalized spacial score (nSPS) is 38.9. The van der Waals surface area contributed by atoms with E-state index in [9.17, 15) is 8.78 Å². The maximum atomic E-state index is 12.1. The number of terminal acetylenes is 1. The second kappa shape index (κ2) is 2.23. The van der Waals surface area contributed by atoms with Gasteiger partial charge in [0.2, 0.25) is 6.43 Å². The first-order chi connectivity index (χ1) is 4.58. The maximum absolute atomic E-state index is 12.1. The molecular weight excluding hydrogens is 134 g/mol. The van der Waals surface area contributed by atoms with Crippen LogP contribution >= 0.6 is 0 Å². The molecule has 0 radical (unpaired) electrons. The largest absolute Gasteiger partial charge is 0.244 e. The van der Waals surface area contributed by atoms with Crippen LogP contribution in [-0.2, 0) is 0 Å². The predicted octanol–water partition coefficient (Wildman–Crippen LogP) is 2.30. The quantitative estimate of drug-likeness (QED) is 0.495. The molecule has 0 N–H and O–H groups in total. The van der Waals surface area contributed by atoms with E-state index in [1.807, 2.05) is 0 Å². The van der Waals surface area contributed by atoms with Crippen molar-refractivity contribution in [1.29, 1.82) is 0 Å². The van der Waals surface area contributed by atoms with Crippen molar-refractivity contribution < 1.29 is 8.78 Å². The summed E-state index contributed by atoms with van der Waals surface area (Å²) in [7, 11) is 0. The molecule has 56 valence electrons. The van der Waals surface area contributed by atoms with Gasteiger partial charge in [0.1, 0.15) is 0 Å². The average molecular weight is 144 g/mol. The van der Waals surface area contributed by atoms with E-state index in [1.165, 1.54) is 0 Å². The molecule has 0 aromatic heterocycles. The number of alkyl halides is 2. The summed E-state index contributed by atoms with van der Waals surface area (Å²) in [6.07, 6.45) is 3.82. The predicted molar refractivity (Wildman–Crippen MR) is 35.7 cm³/mol. The van der Waals surface area contributed by atoms with Crippen LogP contribution in [0.2, 0.25) is 0 Å². The molecule has 1 fully saturated rings. The molecule has 2 heteroatoms. The highest BCUT2D eigenvalue weighted by atomic mass is 19.3. The summed E-state index contributed by atoms with van der Waals surface area (Å²) in [5.41, 5.74) is -0.781. The highest BCUT2D eigenvalue weighted by molar-refractivity contribution is 5.06. The maximum Gasteiger partial charge on any atom is 0.244 e. The van der Waals surface area contributed by atoms with Crippen LogP contribution in [0.15, 0.2) is 0 Å². The van der Waals surface area contributed by atoms with Crippen LogP contribution in [0.25, 0.3) is 0 Å². The van der Waals surface area contributed by atoms with Crippen molar-refractivity contribution in [3.63, 3.8) is 0 Å². The summed E-state index contributed by atoms with van der Waals surface area (Å²) in [6.45, 7) is 1.59. The average Bonchev–Trinajstić information content (AvgIpc) is 1.80. The van der Waals surface area contributed by atoms with Gasteiger partial charge in [-0.1, -0.05) is 6.92 Å². The van der Waals surface area contributed by atoms with Crippen molar-refractivity contribution in [3.8, 4) is 12.3 Å². The van der Waals surface area contributed by atoms with E-state index in [2.05, 4.69) is 5.92 Å². The van der Waals surface area contributed by atoms with Crippen LogP contribution in [0.1, 0.15) is 19.8 Å². The van der Waals surface area contributed by atoms with Crippen molar-refractivity contribution in [2.75, 3.05) is 0 Å². The minimum absolute atomic E-state index is 0.0963. The van der Waals surface area contributed by atoms with Gasteiger partial charge < -0.3 is 0 Å². The van der Waals surface area contributed by atoms with E-state index in [-0.39, 0.29) is 5.92 Å². The standard InChI is InChI=1S/C8H10F2/c1-3-6-4-8(2,5-6)7(9)10/h1,6-7H,4-5H2,2H3. The Morgan fingerprint density at radius 3 is 2.40 bits per heavy atom. The van der Waals surface area contributed by atoms with Gasteiger partial charge in [-0.25, -0.2) is 8.78 Å². The van der Waals surface area contributed by atoms with E-state index in [0.29, 0.717) is 12.8 Å². The minimum atomic E-state index is -2.21. The highest BCUT2D eigenvalue weighted by Crippen LogP contribution is 2.48. The number of hydrogen-bond donors (Lipinski definition) is 0. The molecule has 0 aromatic carbocycles. The van der Waals surface area contributed by atoms with Crippen LogP contribution in [-0.4, -0.2) is 6.43 Å². The molecule has 1 rings (SSSR count). The highest BCUT2D eigenvalue weighted by Gasteiger charge is 2.46. The number of hydrogen-bond acceptors (Lipinski definition) is 0. The topological polar surface area (TPSA) is 0 Å². The van der Waals surface area contributed by atoms with Crippen LogP contribution in [0, 0.1) is 23.7 Å². The van der Waals surface area contributed by atoms with E-state index >= 15 is 0 Å². The Bertz CT molecular complexity index is 161. The van der Waals surface area contributed by atoms with Gasteiger partial charge in [0, 0.05) is 11.3 Å². The third-order valence-corrected chi connectivity index (χ3v) is 2.19. The fraction of sp³-hybridized carbons (Fsp3) is 0.750. The molecule has 0 aromatic rings. The fourth-order valence-corrected chi connectivity index (χ4v) is 1.36. The Hall–Kier alpha value is -0.580. The SMILES string of the molecule is C#CC1CC(C)(C(F)F)C1. The lowest BCUT2D eigenvalue weighted by Crippen LogP contribution is -2.39. The molecule has 0 bridgehead atoms. The lowest BCUT2D eigenvalue weighted by Gasteiger charge is -2.41. The molecule has 0 unspecified atom stereocenters.